The van der Waals surface area contributed by atoms with Crippen LogP contribution < -0.4 is 14.8 Å². The largest absolute Gasteiger partial charge is 0.490 e. The molecule has 0 fully saturated rings. The Bertz CT molecular complexity index is 1020. The highest BCUT2D eigenvalue weighted by Gasteiger charge is 2.10. The van der Waals surface area contributed by atoms with Crippen molar-refractivity contribution in [3.63, 3.8) is 0 Å². The number of nitrogens with one attached hydrogen (secondary N) is 1. The van der Waals surface area contributed by atoms with Gasteiger partial charge in [-0.25, -0.2) is 0 Å². The molecular formula is C24H24N2O3. The summed E-state index contributed by atoms with van der Waals surface area (Å²) in [6.45, 7) is 3.32. The molecule has 0 unspecified atom stereocenters. The van der Waals surface area contributed by atoms with Crippen molar-refractivity contribution >= 4 is 16.7 Å². The number of nitrogens with zero attached hydrogens (tertiary/aromatic N) is 1. The van der Waals surface area contributed by atoms with Crippen molar-refractivity contribution in [3.8, 4) is 17.6 Å². The summed E-state index contributed by atoms with van der Waals surface area (Å²) < 4.78 is 11.8. The minimum absolute atomic E-state index is 0.130. The smallest absolute Gasteiger partial charge is 0.234 e. The molecule has 0 aliphatic heterocycles. The fraction of sp³-hybridized carbons (Fsp3) is 0.250. The van der Waals surface area contributed by atoms with Gasteiger partial charge in [-0.1, -0.05) is 48.5 Å². The van der Waals surface area contributed by atoms with E-state index in [9.17, 15) is 4.79 Å². The first-order valence-corrected chi connectivity index (χ1v) is 9.64. The van der Waals surface area contributed by atoms with Gasteiger partial charge in [-0.3, -0.25) is 4.79 Å². The van der Waals surface area contributed by atoms with E-state index in [0.29, 0.717) is 26.2 Å². The Morgan fingerprint density at radius 2 is 1.69 bits per heavy atom. The first-order valence-electron chi connectivity index (χ1n) is 9.64. The number of fused-ring (bicyclic) bond motifs is 1. The summed E-state index contributed by atoms with van der Waals surface area (Å²) in [6, 6.07) is 21.8. The molecule has 0 aromatic heterocycles. The molecule has 0 spiro atoms. The molecule has 5 nitrogen and oxygen atoms in total. The number of aryl methyl sites for hydroxylation is 1. The maximum absolute atomic E-state index is 11.6. The maximum atomic E-state index is 11.6. The lowest BCUT2D eigenvalue weighted by Gasteiger charge is -2.15. The molecule has 0 aliphatic rings. The topological polar surface area (TPSA) is 71.3 Å². The van der Waals surface area contributed by atoms with Crippen LogP contribution in [0.25, 0.3) is 10.8 Å². The number of hydrogen-bond donors (Lipinski definition) is 1. The van der Waals surface area contributed by atoms with Gasteiger partial charge in [0.2, 0.25) is 5.91 Å². The molecule has 0 saturated heterocycles. The Labute approximate surface area is 170 Å². The predicted octanol–water partition coefficient (Wildman–Crippen LogP) is 4.18. The first kappa shape index (κ1) is 20.2. The first-order chi connectivity index (χ1) is 14.2. The van der Waals surface area contributed by atoms with E-state index >= 15 is 0 Å². The van der Waals surface area contributed by atoms with Crippen molar-refractivity contribution in [2.24, 2.45) is 0 Å². The highest BCUT2D eigenvalue weighted by atomic mass is 16.5. The van der Waals surface area contributed by atoms with Crippen LogP contribution in [0.1, 0.15) is 17.5 Å². The monoisotopic (exact) mass is 388 g/mol. The van der Waals surface area contributed by atoms with Gasteiger partial charge in [0.05, 0.1) is 6.07 Å². The normalized spacial score (nSPS) is 10.3. The fourth-order valence-electron chi connectivity index (χ4n) is 3.19. The average molecular weight is 388 g/mol. The summed E-state index contributed by atoms with van der Waals surface area (Å²) in [7, 11) is 0. The van der Waals surface area contributed by atoms with E-state index in [1.807, 2.05) is 61.5 Å². The molecular weight excluding hydrogens is 364 g/mol. The highest BCUT2D eigenvalue weighted by Crippen LogP contribution is 2.28. The molecule has 1 amide bonds. The summed E-state index contributed by atoms with van der Waals surface area (Å²) >= 11 is 0. The second-order valence-corrected chi connectivity index (χ2v) is 6.66. The molecule has 0 radical (unpaired) electrons. The van der Waals surface area contributed by atoms with Crippen molar-refractivity contribution < 1.29 is 14.3 Å². The van der Waals surface area contributed by atoms with Gasteiger partial charge in [0.25, 0.3) is 0 Å². The zero-order valence-electron chi connectivity index (χ0n) is 16.5. The lowest BCUT2D eigenvalue weighted by molar-refractivity contribution is -0.120. The second-order valence-electron chi connectivity index (χ2n) is 6.66. The maximum Gasteiger partial charge on any atom is 0.234 e. The quantitative estimate of drug-likeness (QED) is 0.558. The van der Waals surface area contributed by atoms with Crippen LogP contribution in [-0.2, 0) is 11.2 Å². The number of hydrogen-bond acceptors (Lipinski definition) is 4. The molecule has 5 heteroatoms. The van der Waals surface area contributed by atoms with Crippen molar-refractivity contribution in [3.05, 3.63) is 71.8 Å². The molecule has 3 aromatic carbocycles. The number of ether oxygens (including phenoxy) is 2. The van der Waals surface area contributed by atoms with Crippen LogP contribution in [0, 0.1) is 18.3 Å². The van der Waals surface area contributed by atoms with Gasteiger partial charge in [0.1, 0.15) is 31.1 Å². The van der Waals surface area contributed by atoms with Gasteiger partial charge >= 0.3 is 0 Å². The average Bonchev–Trinajstić information content (AvgIpc) is 2.73. The second kappa shape index (κ2) is 10.1. The summed E-state index contributed by atoms with van der Waals surface area (Å²) in [5.41, 5.74) is 2.13. The summed E-state index contributed by atoms with van der Waals surface area (Å²) in [5, 5.41) is 13.6. The van der Waals surface area contributed by atoms with Crippen molar-refractivity contribution in [2.75, 3.05) is 19.8 Å². The SMILES string of the molecule is Cc1ccccc1OCCOc1ccc2ccccc2c1CCNC(=O)CC#N. The van der Waals surface area contributed by atoms with Crippen LogP contribution in [0.15, 0.2) is 60.7 Å². The predicted molar refractivity (Wildman–Crippen MR) is 113 cm³/mol. The van der Waals surface area contributed by atoms with Crippen LogP contribution in [0.2, 0.25) is 0 Å². The third-order valence-electron chi connectivity index (χ3n) is 4.63. The van der Waals surface area contributed by atoms with Crippen LogP contribution in [0.4, 0.5) is 0 Å². The Balaban J connectivity index is 1.67. The van der Waals surface area contributed by atoms with Crippen LogP contribution in [0.5, 0.6) is 11.5 Å². The lowest BCUT2D eigenvalue weighted by atomic mass is 10.0. The number of carbonyl (C=O) groups excluding carboxylic acids is 1. The highest BCUT2D eigenvalue weighted by molar-refractivity contribution is 5.88. The standard InChI is InChI=1S/C24H24N2O3/c1-18-6-2-5-9-22(18)28-16-17-29-23-11-10-19-7-3-4-8-20(19)21(23)13-15-26-24(27)12-14-25/h2-11H,12-13,15-17H2,1H3,(H,26,27). The molecule has 3 aromatic rings. The van der Waals surface area contributed by atoms with E-state index in [4.69, 9.17) is 14.7 Å². The van der Waals surface area contributed by atoms with E-state index in [1.54, 1.807) is 0 Å². The van der Waals surface area contributed by atoms with E-state index in [2.05, 4.69) is 17.4 Å². The van der Waals surface area contributed by atoms with Crippen LogP contribution in [0.3, 0.4) is 0 Å². The molecule has 0 aliphatic carbocycles. The molecule has 0 saturated carbocycles. The van der Waals surface area contributed by atoms with E-state index in [0.717, 1.165) is 33.4 Å². The number of nitriles is 1. The third kappa shape index (κ3) is 5.49. The molecule has 0 atom stereocenters. The van der Waals surface area contributed by atoms with Crippen LogP contribution >= 0.6 is 0 Å². The van der Waals surface area contributed by atoms with Crippen molar-refractivity contribution in [2.45, 2.75) is 19.8 Å². The molecule has 148 valence electrons. The van der Waals surface area contributed by atoms with E-state index in [-0.39, 0.29) is 12.3 Å². The summed E-state index contributed by atoms with van der Waals surface area (Å²) in [4.78, 5) is 11.6. The summed E-state index contributed by atoms with van der Waals surface area (Å²) in [5.74, 6) is 1.38. The van der Waals surface area contributed by atoms with Crippen LogP contribution in [-0.4, -0.2) is 25.7 Å². The van der Waals surface area contributed by atoms with Gasteiger partial charge in [0, 0.05) is 12.1 Å². The van der Waals surface area contributed by atoms with E-state index in [1.165, 1.54) is 0 Å². The molecule has 3 rings (SSSR count). The molecule has 29 heavy (non-hydrogen) atoms. The molecule has 1 N–H and O–H groups in total. The van der Waals surface area contributed by atoms with Gasteiger partial charge in [-0.05, 0) is 41.8 Å². The Morgan fingerprint density at radius 3 is 2.48 bits per heavy atom. The Kier molecular flexibility index (Phi) is 7.07. The zero-order chi connectivity index (χ0) is 20.5. The number of rotatable bonds is 9. The van der Waals surface area contributed by atoms with E-state index < -0.39 is 0 Å². The zero-order valence-corrected chi connectivity index (χ0v) is 16.5. The van der Waals surface area contributed by atoms with Gasteiger partial charge in [-0.2, -0.15) is 5.26 Å². The number of para-hydroxylation sites is 1. The fourth-order valence-corrected chi connectivity index (χ4v) is 3.19. The van der Waals surface area contributed by atoms with Gasteiger partial charge in [0.15, 0.2) is 0 Å². The molecule has 0 heterocycles. The molecule has 0 bridgehead atoms. The van der Waals surface area contributed by atoms with Gasteiger partial charge in [-0.15, -0.1) is 0 Å². The lowest BCUT2D eigenvalue weighted by Crippen LogP contribution is -2.25. The third-order valence-corrected chi connectivity index (χ3v) is 4.63. The Hall–Kier alpha value is -3.52. The minimum Gasteiger partial charge on any atom is -0.490 e. The summed E-state index contributed by atoms with van der Waals surface area (Å²) in [6.07, 6.45) is 0.488. The van der Waals surface area contributed by atoms with Gasteiger partial charge < -0.3 is 14.8 Å². The number of carbonyl (C=O) groups is 1. The number of benzene rings is 3. The number of amides is 1. The van der Waals surface area contributed by atoms with Crippen molar-refractivity contribution in [1.82, 2.24) is 5.32 Å². The minimum atomic E-state index is -0.262. The Morgan fingerprint density at radius 1 is 0.966 bits per heavy atom. The van der Waals surface area contributed by atoms with Crippen molar-refractivity contribution in [1.29, 1.82) is 5.26 Å².